The van der Waals surface area contributed by atoms with Crippen molar-refractivity contribution in [2.24, 2.45) is 0 Å². The lowest BCUT2D eigenvalue weighted by Crippen LogP contribution is -2.02. The third-order valence-corrected chi connectivity index (χ3v) is 7.78. The van der Waals surface area contributed by atoms with Crippen LogP contribution < -0.4 is 0 Å². The molecule has 2 aliphatic heterocycles. The lowest BCUT2D eigenvalue weighted by Gasteiger charge is -2.10. The zero-order chi connectivity index (χ0) is 19.5. The van der Waals surface area contributed by atoms with Gasteiger partial charge in [-0.2, -0.15) is 0 Å². The predicted octanol–water partition coefficient (Wildman–Crippen LogP) is 5.03. The molecule has 0 fully saturated rings. The Hall–Kier alpha value is -2.89. The first-order chi connectivity index (χ1) is 13.6. The van der Waals surface area contributed by atoms with Crippen molar-refractivity contribution in [1.29, 1.82) is 0 Å². The first-order valence-electron chi connectivity index (χ1n) is 8.63. The summed E-state index contributed by atoms with van der Waals surface area (Å²) >= 11 is 0. The normalized spacial score (nSPS) is 20.6. The van der Waals surface area contributed by atoms with Gasteiger partial charge in [-0.25, -0.2) is 0 Å². The van der Waals surface area contributed by atoms with Crippen LogP contribution in [0.1, 0.15) is 11.1 Å². The van der Waals surface area contributed by atoms with Crippen LogP contribution >= 0.6 is 21.0 Å². The molecule has 2 atom stereocenters. The Bertz CT molecular complexity index is 1060. The number of rotatable bonds is 4. The summed E-state index contributed by atoms with van der Waals surface area (Å²) in [5, 5.41) is 27.4. The van der Waals surface area contributed by atoms with E-state index in [-0.39, 0.29) is 17.3 Å². The average molecular weight is 407 g/mol. The molecule has 2 aliphatic rings. The largest absolute Gasteiger partial charge is 0.508 e. The highest BCUT2D eigenvalue weighted by atomic mass is 32.2. The number of carbonyl (C=O) groups is 1. The van der Waals surface area contributed by atoms with Crippen molar-refractivity contribution in [1.82, 2.24) is 0 Å². The molecular weight excluding hydrogens is 388 g/mol. The SMILES string of the molecule is O=C(C1=CC=CS1=Cc1cccc(O)c1)C1=CC=CS1=Cc1cccc(O)c1. The zero-order valence-corrected chi connectivity index (χ0v) is 16.5. The molecule has 2 unspecified atom stereocenters. The van der Waals surface area contributed by atoms with Gasteiger partial charge >= 0.3 is 0 Å². The topological polar surface area (TPSA) is 57.5 Å². The van der Waals surface area contributed by atoms with Crippen LogP contribution in [0.3, 0.4) is 0 Å². The molecule has 3 nitrogen and oxygen atoms in total. The van der Waals surface area contributed by atoms with Gasteiger partial charge in [-0.05, 0) is 69.1 Å². The predicted molar refractivity (Wildman–Crippen MR) is 121 cm³/mol. The molecule has 2 heterocycles. The van der Waals surface area contributed by atoms with Crippen LogP contribution in [0, 0.1) is 0 Å². The van der Waals surface area contributed by atoms with Crippen molar-refractivity contribution in [3.05, 3.63) is 105 Å². The Labute approximate surface area is 168 Å². The summed E-state index contributed by atoms with van der Waals surface area (Å²) in [4.78, 5) is 14.7. The minimum atomic E-state index is -0.439. The van der Waals surface area contributed by atoms with E-state index in [9.17, 15) is 15.0 Å². The van der Waals surface area contributed by atoms with E-state index in [0.717, 1.165) is 20.9 Å². The number of phenols is 2. The zero-order valence-electron chi connectivity index (χ0n) is 14.9. The van der Waals surface area contributed by atoms with Gasteiger partial charge in [-0.3, -0.25) is 4.79 Å². The van der Waals surface area contributed by atoms with Crippen molar-refractivity contribution in [3.63, 3.8) is 0 Å². The Morgan fingerprint density at radius 1 is 0.750 bits per heavy atom. The summed E-state index contributed by atoms with van der Waals surface area (Å²) < 4.78 is 0. The van der Waals surface area contributed by atoms with E-state index in [2.05, 4.69) is 0 Å². The second-order valence-corrected chi connectivity index (χ2v) is 9.60. The van der Waals surface area contributed by atoms with E-state index in [4.69, 9.17) is 0 Å². The smallest absolute Gasteiger partial charge is 0.205 e. The maximum Gasteiger partial charge on any atom is 0.205 e. The summed E-state index contributed by atoms with van der Waals surface area (Å²) in [7, 11) is -0.877. The summed E-state index contributed by atoms with van der Waals surface area (Å²) in [6, 6.07) is 14.1. The average Bonchev–Trinajstić information content (AvgIpc) is 3.31. The van der Waals surface area contributed by atoms with Crippen molar-refractivity contribution < 1.29 is 15.0 Å². The molecule has 0 aliphatic carbocycles. The molecule has 0 saturated carbocycles. The standard InChI is InChI=1S/C23H18O3S2/c24-19-7-1-5-17(13-19)15-27-11-3-9-21(27)23(26)22-10-4-12-28(22)16-18-6-2-8-20(25)14-18/h1-16,24-25H. The van der Waals surface area contributed by atoms with Crippen LogP contribution in [0.4, 0.5) is 0 Å². The number of carbonyl (C=O) groups excluding carboxylic acids is 1. The highest BCUT2D eigenvalue weighted by molar-refractivity contribution is 8.23. The molecule has 0 amide bonds. The minimum absolute atomic E-state index is 0.0365. The van der Waals surface area contributed by atoms with E-state index < -0.39 is 21.0 Å². The first-order valence-corrected chi connectivity index (χ1v) is 11.3. The third kappa shape index (κ3) is 4.01. The third-order valence-electron chi connectivity index (χ3n) is 4.17. The van der Waals surface area contributed by atoms with Crippen LogP contribution in [-0.4, -0.2) is 26.7 Å². The summed E-state index contributed by atoms with van der Waals surface area (Å²) in [6.07, 6.45) is 7.57. The van der Waals surface area contributed by atoms with Crippen LogP contribution in [0.25, 0.3) is 0 Å². The van der Waals surface area contributed by atoms with Crippen molar-refractivity contribution in [2.75, 3.05) is 0 Å². The fourth-order valence-electron chi connectivity index (χ4n) is 2.91. The van der Waals surface area contributed by atoms with Gasteiger partial charge < -0.3 is 10.2 Å². The van der Waals surface area contributed by atoms with Crippen LogP contribution in [0.15, 0.2) is 93.5 Å². The van der Waals surface area contributed by atoms with E-state index >= 15 is 0 Å². The van der Waals surface area contributed by atoms with Gasteiger partial charge in [0.1, 0.15) is 11.5 Å². The number of benzene rings is 2. The molecule has 0 aromatic heterocycles. The highest BCUT2D eigenvalue weighted by Crippen LogP contribution is 2.41. The fourth-order valence-corrected chi connectivity index (χ4v) is 6.17. The monoisotopic (exact) mass is 406 g/mol. The molecule has 2 aromatic rings. The Morgan fingerprint density at radius 3 is 1.64 bits per heavy atom. The number of aromatic hydroxyl groups is 2. The molecule has 2 aromatic carbocycles. The molecule has 4 rings (SSSR count). The Balaban J connectivity index is 1.62. The van der Waals surface area contributed by atoms with Gasteiger partial charge in [0.15, 0.2) is 0 Å². The lowest BCUT2D eigenvalue weighted by atomic mass is 10.2. The molecule has 0 spiro atoms. The Kier molecular flexibility index (Phi) is 5.28. The maximum absolute atomic E-state index is 13.2. The quantitative estimate of drug-likeness (QED) is 0.701. The summed E-state index contributed by atoms with van der Waals surface area (Å²) in [5.74, 6) is 0.458. The highest BCUT2D eigenvalue weighted by Gasteiger charge is 2.22. The molecule has 0 bridgehead atoms. The minimum Gasteiger partial charge on any atom is -0.508 e. The second-order valence-electron chi connectivity index (χ2n) is 6.22. The van der Waals surface area contributed by atoms with Gasteiger partial charge in [-0.1, -0.05) is 36.4 Å². The molecular formula is C23H18O3S2. The molecule has 0 saturated heterocycles. The van der Waals surface area contributed by atoms with Gasteiger partial charge in [-0.15, -0.1) is 21.0 Å². The second kappa shape index (κ2) is 8.00. The number of ketones is 1. The molecule has 28 heavy (non-hydrogen) atoms. The van der Waals surface area contributed by atoms with Crippen LogP contribution in [-0.2, 0) is 4.79 Å². The van der Waals surface area contributed by atoms with Gasteiger partial charge in [0, 0.05) is 0 Å². The molecule has 2 N–H and O–H groups in total. The first kappa shape index (κ1) is 18.5. The van der Waals surface area contributed by atoms with Crippen LogP contribution in [0.5, 0.6) is 11.5 Å². The van der Waals surface area contributed by atoms with Gasteiger partial charge in [0.2, 0.25) is 5.78 Å². The number of allylic oxidation sites excluding steroid dienone is 6. The summed E-state index contributed by atoms with van der Waals surface area (Å²) in [6.45, 7) is 0. The fraction of sp³-hybridized carbons (Fsp3) is 0. The summed E-state index contributed by atoms with van der Waals surface area (Å²) in [5.41, 5.74) is 1.77. The lowest BCUT2D eigenvalue weighted by molar-refractivity contribution is -0.111. The van der Waals surface area contributed by atoms with E-state index in [1.165, 1.54) is 0 Å². The number of phenolic OH excluding ortho intramolecular Hbond substituents is 2. The maximum atomic E-state index is 13.2. The van der Waals surface area contributed by atoms with E-state index in [1.54, 1.807) is 36.4 Å². The van der Waals surface area contributed by atoms with E-state index in [0.29, 0.717) is 0 Å². The van der Waals surface area contributed by atoms with Gasteiger partial charge in [0.05, 0.1) is 9.81 Å². The van der Waals surface area contributed by atoms with Crippen molar-refractivity contribution in [3.8, 4) is 11.5 Å². The number of Topliss-reactive ketones (excluding diaryl/α,β-unsaturated/α-hetero) is 1. The number of hydrogen-bond acceptors (Lipinski definition) is 3. The molecule has 5 heteroatoms. The van der Waals surface area contributed by atoms with E-state index in [1.807, 2.05) is 58.0 Å². The van der Waals surface area contributed by atoms with Crippen molar-refractivity contribution >= 4 is 37.5 Å². The Morgan fingerprint density at radius 2 is 1.21 bits per heavy atom. The van der Waals surface area contributed by atoms with Crippen molar-refractivity contribution in [2.45, 2.75) is 0 Å². The van der Waals surface area contributed by atoms with Gasteiger partial charge in [0.25, 0.3) is 0 Å². The van der Waals surface area contributed by atoms with Crippen LogP contribution in [0.2, 0.25) is 0 Å². The molecule has 140 valence electrons. The number of hydrogen-bond donors (Lipinski definition) is 2. The molecule has 0 radical (unpaired) electrons.